The van der Waals surface area contributed by atoms with Gasteiger partial charge in [-0.25, -0.2) is 22.0 Å². The second kappa shape index (κ2) is 3.51. The summed E-state index contributed by atoms with van der Waals surface area (Å²) in [6, 6.07) is 0. The van der Waals surface area contributed by atoms with Crippen LogP contribution in [0.15, 0.2) is 0 Å². The topological polar surface area (TPSA) is 0 Å². The van der Waals surface area contributed by atoms with Crippen molar-refractivity contribution in [3.63, 3.8) is 0 Å². The zero-order valence-electron chi connectivity index (χ0n) is 7.15. The molecule has 0 aliphatic carbocycles. The van der Waals surface area contributed by atoms with Gasteiger partial charge in [-0.05, 0) is 6.55 Å². The molecular formula is C7H3F7Si. The molecule has 15 heavy (non-hydrogen) atoms. The highest BCUT2D eigenvalue weighted by Crippen LogP contribution is 2.20. The first-order chi connectivity index (χ1) is 6.68. The van der Waals surface area contributed by atoms with Crippen molar-refractivity contribution in [1.82, 2.24) is 0 Å². The molecule has 0 unspecified atom stereocenters. The summed E-state index contributed by atoms with van der Waals surface area (Å²) in [7, 11) is -5.60. The molecule has 84 valence electrons. The number of rotatable bonds is 1. The Morgan fingerprint density at radius 1 is 0.667 bits per heavy atom. The van der Waals surface area contributed by atoms with Gasteiger partial charge in [0.1, 0.15) is 0 Å². The molecule has 0 saturated carbocycles. The van der Waals surface area contributed by atoms with Gasteiger partial charge in [-0.3, -0.25) is 8.22 Å². The summed E-state index contributed by atoms with van der Waals surface area (Å²) >= 11 is 0. The minimum absolute atomic E-state index is 0.172. The first-order valence-corrected chi connectivity index (χ1v) is 5.83. The maximum absolute atomic E-state index is 12.7. The number of benzene rings is 1. The van der Waals surface area contributed by atoms with E-state index in [0.717, 1.165) is 0 Å². The van der Waals surface area contributed by atoms with Crippen LogP contribution in [0.4, 0.5) is 30.2 Å². The molecule has 0 spiro atoms. The van der Waals surface area contributed by atoms with Gasteiger partial charge in [-0.15, -0.1) is 0 Å². The van der Waals surface area contributed by atoms with Crippen LogP contribution in [-0.4, -0.2) is 8.74 Å². The van der Waals surface area contributed by atoms with Gasteiger partial charge in [-0.1, -0.05) is 0 Å². The van der Waals surface area contributed by atoms with Gasteiger partial charge >= 0.3 is 8.74 Å². The van der Waals surface area contributed by atoms with Gasteiger partial charge in [0, 0.05) is 0 Å². The SMILES string of the molecule is C[Si](F)(F)c1c(F)c(F)c(F)c(F)c1F. The summed E-state index contributed by atoms with van der Waals surface area (Å²) in [6.07, 6.45) is 0. The minimum Gasteiger partial charge on any atom is -0.265 e. The van der Waals surface area contributed by atoms with Crippen molar-refractivity contribution >= 4 is 13.9 Å². The fourth-order valence-electron chi connectivity index (χ4n) is 0.990. The first-order valence-electron chi connectivity index (χ1n) is 3.57. The van der Waals surface area contributed by atoms with E-state index >= 15 is 0 Å². The Morgan fingerprint density at radius 3 is 1.20 bits per heavy atom. The average Bonchev–Trinajstić information content (AvgIpc) is 2.09. The van der Waals surface area contributed by atoms with Gasteiger partial charge in [-0.2, -0.15) is 0 Å². The molecule has 0 atom stereocenters. The second-order valence-corrected chi connectivity index (χ2v) is 5.11. The number of hydrogen-bond acceptors (Lipinski definition) is 0. The highest BCUT2D eigenvalue weighted by Gasteiger charge is 2.42. The largest absolute Gasteiger partial charge is 0.458 e. The van der Waals surface area contributed by atoms with Crippen LogP contribution in [-0.2, 0) is 0 Å². The molecule has 1 aromatic carbocycles. The quantitative estimate of drug-likeness (QED) is 0.235. The minimum atomic E-state index is -5.60. The molecule has 0 bridgehead atoms. The summed E-state index contributed by atoms with van der Waals surface area (Å²) in [5.74, 6) is -12.0. The van der Waals surface area contributed by atoms with E-state index in [1.165, 1.54) is 0 Å². The van der Waals surface area contributed by atoms with Crippen molar-refractivity contribution in [1.29, 1.82) is 0 Å². The molecule has 0 aliphatic rings. The van der Waals surface area contributed by atoms with Crippen molar-refractivity contribution in [3.8, 4) is 0 Å². The van der Waals surface area contributed by atoms with Crippen LogP contribution in [0.2, 0.25) is 6.55 Å². The lowest BCUT2D eigenvalue weighted by Crippen LogP contribution is -2.42. The molecule has 0 amide bonds. The van der Waals surface area contributed by atoms with Crippen molar-refractivity contribution in [2.75, 3.05) is 0 Å². The fraction of sp³-hybridized carbons (Fsp3) is 0.143. The van der Waals surface area contributed by atoms with Crippen LogP contribution in [0, 0.1) is 29.1 Å². The highest BCUT2D eigenvalue weighted by atomic mass is 28.4. The van der Waals surface area contributed by atoms with E-state index in [0.29, 0.717) is 0 Å². The van der Waals surface area contributed by atoms with Crippen molar-refractivity contribution < 1.29 is 30.2 Å². The van der Waals surface area contributed by atoms with Crippen molar-refractivity contribution in [2.24, 2.45) is 0 Å². The summed E-state index contributed by atoms with van der Waals surface area (Å²) < 4.78 is 88.2. The van der Waals surface area contributed by atoms with E-state index in [-0.39, 0.29) is 6.55 Å². The van der Waals surface area contributed by atoms with E-state index in [9.17, 15) is 30.2 Å². The molecule has 0 heterocycles. The smallest absolute Gasteiger partial charge is 0.265 e. The molecule has 0 N–H and O–H groups in total. The number of halogens is 7. The third-order valence-corrected chi connectivity index (χ3v) is 2.97. The lowest BCUT2D eigenvalue weighted by molar-refractivity contribution is 0.381. The standard InChI is InChI=1S/C7H3F7Si/c1-15(13,14)7-5(11)3(9)2(8)4(10)6(7)12/h1H3. The Labute approximate surface area is 80.7 Å². The van der Waals surface area contributed by atoms with Crippen LogP contribution in [0.25, 0.3) is 0 Å². The highest BCUT2D eigenvalue weighted by molar-refractivity contribution is 6.78. The first kappa shape index (κ1) is 12.0. The van der Waals surface area contributed by atoms with Gasteiger partial charge < -0.3 is 0 Å². The van der Waals surface area contributed by atoms with Crippen molar-refractivity contribution in [2.45, 2.75) is 6.55 Å². The van der Waals surface area contributed by atoms with E-state index in [1.807, 2.05) is 0 Å². The Bertz CT molecular complexity index is 380. The van der Waals surface area contributed by atoms with Crippen LogP contribution in [0.1, 0.15) is 0 Å². The van der Waals surface area contributed by atoms with Gasteiger partial charge in [0.25, 0.3) is 0 Å². The zero-order chi connectivity index (χ0) is 12.0. The van der Waals surface area contributed by atoms with Crippen LogP contribution >= 0.6 is 0 Å². The molecular weight excluding hydrogens is 245 g/mol. The third-order valence-electron chi connectivity index (χ3n) is 1.65. The molecule has 1 rings (SSSR count). The van der Waals surface area contributed by atoms with E-state index in [2.05, 4.69) is 0 Å². The number of hydrogen-bond donors (Lipinski definition) is 0. The van der Waals surface area contributed by atoms with Crippen molar-refractivity contribution in [3.05, 3.63) is 29.1 Å². The lowest BCUT2D eigenvalue weighted by Gasteiger charge is -2.11. The van der Waals surface area contributed by atoms with Crippen LogP contribution < -0.4 is 5.19 Å². The summed E-state index contributed by atoms with van der Waals surface area (Å²) in [4.78, 5) is 0. The molecule has 1 aromatic rings. The molecule has 8 heteroatoms. The monoisotopic (exact) mass is 248 g/mol. The Kier molecular flexibility index (Phi) is 2.81. The predicted octanol–water partition coefficient (Wildman–Crippen LogP) is 2.60. The van der Waals surface area contributed by atoms with E-state index < -0.39 is 43.0 Å². The molecule has 0 aliphatic heterocycles. The molecule has 0 fully saturated rings. The maximum Gasteiger partial charge on any atom is 0.458 e. The third kappa shape index (κ3) is 1.85. The zero-order valence-corrected chi connectivity index (χ0v) is 8.15. The summed E-state index contributed by atoms with van der Waals surface area (Å²) in [6.45, 7) is 0.172. The van der Waals surface area contributed by atoms with Gasteiger partial charge in [0.05, 0.1) is 5.19 Å². The maximum atomic E-state index is 12.7. The predicted molar refractivity (Wildman–Crippen MR) is 39.7 cm³/mol. The Balaban J connectivity index is 3.68. The Hall–Kier alpha value is -1.05. The Morgan fingerprint density at radius 2 is 0.933 bits per heavy atom. The van der Waals surface area contributed by atoms with E-state index in [1.54, 1.807) is 0 Å². The van der Waals surface area contributed by atoms with Crippen LogP contribution in [0.5, 0.6) is 0 Å². The van der Waals surface area contributed by atoms with E-state index in [4.69, 9.17) is 0 Å². The fourth-order valence-corrected chi connectivity index (χ4v) is 1.98. The van der Waals surface area contributed by atoms with Gasteiger partial charge in [0.15, 0.2) is 23.3 Å². The molecule has 0 nitrogen and oxygen atoms in total. The normalized spacial score (nSPS) is 12.0. The molecule has 0 saturated heterocycles. The summed E-state index contributed by atoms with van der Waals surface area (Å²) in [5, 5.41) is -1.99. The van der Waals surface area contributed by atoms with Crippen LogP contribution in [0.3, 0.4) is 0 Å². The van der Waals surface area contributed by atoms with Gasteiger partial charge in [0.2, 0.25) is 5.82 Å². The summed E-state index contributed by atoms with van der Waals surface area (Å²) in [5.41, 5.74) is 0. The molecule has 0 aromatic heterocycles. The average molecular weight is 248 g/mol. The second-order valence-electron chi connectivity index (χ2n) is 2.83. The lowest BCUT2D eigenvalue weighted by atomic mass is 10.3. The molecule has 0 radical (unpaired) electrons.